The Morgan fingerprint density at radius 1 is 1.19 bits per heavy atom. The number of rotatable bonds is 7. The lowest BCUT2D eigenvalue weighted by Crippen LogP contribution is -2.53. The molecule has 3 atom stereocenters. The van der Waals surface area contributed by atoms with Gasteiger partial charge >= 0.3 is 0 Å². The van der Waals surface area contributed by atoms with E-state index >= 15 is 0 Å². The summed E-state index contributed by atoms with van der Waals surface area (Å²) < 4.78 is 11.5. The van der Waals surface area contributed by atoms with Crippen LogP contribution < -0.4 is 0 Å². The van der Waals surface area contributed by atoms with Gasteiger partial charge in [0.2, 0.25) is 5.91 Å². The van der Waals surface area contributed by atoms with Gasteiger partial charge in [0.05, 0.1) is 17.7 Å². The first-order valence-electron chi connectivity index (χ1n) is 10.1. The second kappa shape index (κ2) is 8.53. The molecule has 2 aliphatic rings. The van der Waals surface area contributed by atoms with E-state index < -0.39 is 0 Å². The molecule has 4 heteroatoms. The van der Waals surface area contributed by atoms with E-state index in [1.165, 1.54) is 11.1 Å². The number of ether oxygens (including phenoxy) is 2. The molecule has 1 aromatic carbocycles. The third kappa shape index (κ3) is 3.96. The van der Waals surface area contributed by atoms with Crippen LogP contribution in [-0.2, 0) is 27.1 Å². The van der Waals surface area contributed by atoms with E-state index in [2.05, 4.69) is 36.1 Å². The number of carbonyl (C=O) groups excluding carboxylic acids is 1. The van der Waals surface area contributed by atoms with Gasteiger partial charge in [0.25, 0.3) is 0 Å². The van der Waals surface area contributed by atoms with E-state index in [-0.39, 0.29) is 23.7 Å². The first-order valence-corrected chi connectivity index (χ1v) is 10.1. The van der Waals surface area contributed by atoms with Crippen LogP contribution in [0.1, 0.15) is 56.6 Å². The summed E-state index contributed by atoms with van der Waals surface area (Å²) in [4.78, 5) is 15.0. The van der Waals surface area contributed by atoms with Crippen molar-refractivity contribution in [2.45, 2.75) is 76.0 Å². The lowest BCUT2D eigenvalue weighted by atomic mass is 9.79. The first-order chi connectivity index (χ1) is 12.6. The van der Waals surface area contributed by atoms with Gasteiger partial charge in [-0.2, -0.15) is 0 Å². The molecular weight excluding hydrogens is 326 g/mol. The number of hydrogen-bond acceptors (Lipinski definition) is 3. The zero-order valence-electron chi connectivity index (χ0n) is 16.5. The van der Waals surface area contributed by atoms with E-state index in [4.69, 9.17) is 9.47 Å². The molecule has 0 N–H and O–H groups in total. The summed E-state index contributed by atoms with van der Waals surface area (Å²) in [6.07, 6.45) is 7.66. The Kier molecular flexibility index (Phi) is 6.36. The number of benzene rings is 1. The molecule has 1 saturated carbocycles. The number of aryl methyl sites for hydroxylation is 2. The summed E-state index contributed by atoms with van der Waals surface area (Å²) in [5.74, 6) is 0.274. The highest BCUT2D eigenvalue weighted by molar-refractivity contribution is 5.77. The highest BCUT2D eigenvalue weighted by Crippen LogP contribution is 2.43. The molecule has 3 unspecified atom stereocenters. The SMILES string of the molecule is CCc1ccc(CCCC(=O)N2CCC3(OC)CCC(OC)CC23)cc1. The fraction of sp³-hybridized carbons (Fsp3) is 0.682. The zero-order valence-corrected chi connectivity index (χ0v) is 16.5. The Morgan fingerprint density at radius 2 is 1.92 bits per heavy atom. The maximum Gasteiger partial charge on any atom is 0.222 e. The van der Waals surface area contributed by atoms with Gasteiger partial charge in [0.1, 0.15) is 0 Å². The van der Waals surface area contributed by atoms with Crippen molar-refractivity contribution in [2.24, 2.45) is 0 Å². The van der Waals surface area contributed by atoms with Crippen molar-refractivity contribution < 1.29 is 14.3 Å². The number of carbonyl (C=O) groups is 1. The van der Waals surface area contributed by atoms with E-state index in [1.54, 1.807) is 14.2 Å². The van der Waals surface area contributed by atoms with Crippen LogP contribution in [0, 0.1) is 0 Å². The highest BCUT2D eigenvalue weighted by Gasteiger charge is 2.52. The van der Waals surface area contributed by atoms with Gasteiger partial charge in [-0.15, -0.1) is 0 Å². The molecule has 1 amide bonds. The second-order valence-corrected chi connectivity index (χ2v) is 7.78. The molecule has 3 rings (SSSR count). The minimum Gasteiger partial charge on any atom is -0.381 e. The molecule has 1 saturated heterocycles. The Balaban J connectivity index is 1.55. The maximum absolute atomic E-state index is 12.9. The quantitative estimate of drug-likeness (QED) is 0.744. The third-order valence-electron chi connectivity index (χ3n) is 6.48. The Bertz CT molecular complexity index is 600. The van der Waals surface area contributed by atoms with Gasteiger partial charge in [0.15, 0.2) is 0 Å². The van der Waals surface area contributed by atoms with Gasteiger partial charge < -0.3 is 14.4 Å². The summed E-state index contributed by atoms with van der Waals surface area (Å²) in [6.45, 7) is 2.99. The van der Waals surface area contributed by atoms with Crippen LogP contribution >= 0.6 is 0 Å². The predicted molar refractivity (Wildman–Crippen MR) is 103 cm³/mol. The molecule has 0 bridgehead atoms. The molecule has 4 nitrogen and oxygen atoms in total. The van der Waals surface area contributed by atoms with Gasteiger partial charge in [-0.1, -0.05) is 31.2 Å². The molecule has 26 heavy (non-hydrogen) atoms. The molecule has 0 aromatic heterocycles. The standard InChI is InChI=1S/C22H33NO3/c1-4-17-8-10-18(11-9-17)6-5-7-21(24)23-15-14-22(26-3)13-12-19(25-2)16-20(22)23/h8-11,19-20H,4-7,12-16H2,1-3H3. The van der Waals surface area contributed by atoms with Crippen LogP contribution in [-0.4, -0.2) is 49.3 Å². The van der Waals surface area contributed by atoms with Crippen molar-refractivity contribution in [1.82, 2.24) is 4.90 Å². The van der Waals surface area contributed by atoms with Gasteiger partial charge in [-0.3, -0.25) is 4.79 Å². The second-order valence-electron chi connectivity index (χ2n) is 7.78. The molecule has 1 aliphatic heterocycles. The number of likely N-dealkylation sites (tertiary alicyclic amines) is 1. The summed E-state index contributed by atoms with van der Waals surface area (Å²) >= 11 is 0. The van der Waals surface area contributed by atoms with Crippen LogP contribution in [0.25, 0.3) is 0 Å². The normalized spacial score (nSPS) is 28.2. The Morgan fingerprint density at radius 3 is 2.58 bits per heavy atom. The summed E-state index contributed by atoms with van der Waals surface area (Å²) in [5, 5.41) is 0. The molecule has 1 aliphatic carbocycles. The van der Waals surface area contributed by atoms with Gasteiger partial charge in [0, 0.05) is 27.2 Å². The van der Waals surface area contributed by atoms with E-state index in [1.807, 2.05) is 0 Å². The van der Waals surface area contributed by atoms with Crippen molar-refractivity contribution in [3.63, 3.8) is 0 Å². The van der Waals surface area contributed by atoms with Crippen LogP contribution in [0.5, 0.6) is 0 Å². The average molecular weight is 360 g/mol. The van der Waals surface area contributed by atoms with Crippen LogP contribution in [0.4, 0.5) is 0 Å². The molecule has 0 radical (unpaired) electrons. The van der Waals surface area contributed by atoms with Crippen molar-refractivity contribution in [3.05, 3.63) is 35.4 Å². The van der Waals surface area contributed by atoms with Crippen LogP contribution in [0.3, 0.4) is 0 Å². The monoisotopic (exact) mass is 359 g/mol. The van der Waals surface area contributed by atoms with Gasteiger partial charge in [-0.05, 0) is 56.1 Å². The minimum atomic E-state index is -0.152. The Hall–Kier alpha value is -1.39. The minimum absolute atomic E-state index is 0.152. The molecule has 1 heterocycles. The maximum atomic E-state index is 12.9. The molecule has 1 aromatic rings. The van der Waals surface area contributed by atoms with Crippen molar-refractivity contribution in [2.75, 3.05) is 20.8 Å². The number of methoxy groups -OCH3 is 2. The van der Waals surface area contributed by atoms with Gasteiger partial charge in [-0.25, -0.2) is 0 Å². The average Bonchev–Trinajstić information content (AvgIpc) is 3.07. The zero-order chi connectivity index (χ0) is 18.6. The largest absolute Gasteiger partial charge is 0.381 e. The first kappa shape index (κ1) is 19.4. The Labute approximate surface area is 157 Å². The summed E-state index contributed by atoms with van der Waals surface area (Å²) in [7, 11) is 3.57. The summed E-state index contributed by atoms with van der Waals surface area (Å²) in [5.41, 5.74) is 2.53. The lowest BCUT2D eigenvalue weighted by Gasteiger charge is -2.43. The molecule has 2 fully saturated rings. The van der Waals surface area contributed by atoms with E-state index in [9.17, 15) is 4.79 Å². The summed E-state index contributed by atoms with van der Waals surface area (Å²) in [6, 6.07) is 8.94. The third-order valence-corrected chi connectivity index (χ3v) is 6.48. The van der Waals surface area contributed by atoms with Crippen molar-refractivity contribution >= 4 is 5.91 Å². The van der Waals surface area contributed by atoms with Crippen molar-refractivity contribution in [1.29, 1.82) is 0 Å². The van der Waals surface area contributed by atoms with E-state index in [0.29, 0.717) is 6.42 Å². The fourth-order valence-electron chi connectivity index (χ4n) is 4.70. The lowest BCUT2D eigenvalue weighted by molar-refractivity contribution is -0.140. The van der Waals surface area contributed by atoms with E-state index in [0.717, 1.165) is 51.5 Å². The predicted octanol–water partition coefficient (Wildman–Crippen LogP) is 3.76. The molecule has 0 spiro atoms. The van der Waals surface area contributed by atoms with Crippen LogP contribution in [0.15, 0.2) is 24.3 Å². The van der Waals surface area contributed by atoms with Crippen molar-refractivity contribution in [3.8, 4) is 0 Å². The highest BCUT2D eigenvalue weighted by atomic mass is 16.5. The number of nitrogens with zero attached hydrogens (tertiary/aromatic N) is 1. The fourth-order valence-corrected chi connectivity index (χ4v) is 4.70. The van der Waals surface area contributed by atoms with Crippen LogP contribution in [0.2, 0.25) is 0 Å². The molecular formula is C22H33NO3. The number of fused-ring (bicyclic) bond motifs is 1. The smallest absolute Gasteiger partial charge is 0.222 e. The number of hydrogen-bond donors (Lipinski definition) is 0. The molecule has 144 valence electrons. The number of amides is 1. The topological polar surface area (TPSA) is 38.8 Å².